The maximum absolute atomic E-state index is 12.6. The number of amides is 2. The van der Waals surface area contributed by atoms with Crippen LogP contribution in [-0.4, -0.2) is 60.4 Å². The van der Waals surface area contributed by atoms with E-state index >= 15 is 0 Å². The number of benzene rings is 2. The molecule has 1 saturated heterocycles. The number of carbonyl (C=O) groups excluding carboxylic acids is 2. The lowest BCUT2D eigenvalue weighted by Gasteiger charge is -2.39. The number of nitrogens with one attached hydrogen (secondary N) is 2. The predicted octanol–water partition coefficient (Wildman–Crippen LogP) is 4.05. The Morgan fingerprint density at radius 2 is 1.30 bits per heavy atom. The Bertz CT molecular complexity index is 936. The van der Waals surface area contributed by atoms with E-state index in [1.54, 1.807) is 0 Å². The fraction of sp³-hybridized carbons (Fsp3) is 0.440. The highest BCUT2D eigenvalue weighted by Crippen LogP contribution is 2.17. The largest absolute Gasteiger partial charge is 0.348 e. The van der Waals surface area contributed by atoms with Crippen molar-refractivity contribution in [2.24, 2.45) is 0 Å². The summed E-state index contributed by atoms with van der Waals surface area (Å²) in [4.78, 5) is 29.4. The first-order chi connectivity index (χ1) is 15.7. The average molecular weight is 491 g/mol. The SMILES string of the molecule is CC(NC(=O)CN1CCN(CC(=O)NC(C)c2ccc(Cl)cc2)C(C)C1)c1ccc(Cl)cc1. The zero-order valence-electron chi connectivity index (χ0n) is 19.4. The zero-order valence-corrected chi connectivity index (χ0v) is 20.9. The fourth-order valence-electron chi connectivity index (χ4n) is 4.08. The minimum atomic E-state index is -0.0855. The quantitative estimate of drug-likeness (QED) is 0.585. The van der Waals surface area contributed by atoms with Crippen LogP contribution in [0.1, 0.15) is 44.0 Å². The van der Waals surface area contributed by atoms with E-state index in [2.05, 4.69) is 27.4 Å². The van der Waals surface area contributed by atoms with Gasteiger partial charge in [0.1, 0.15) is 0 Å². The maximum atomic E-state index is 12.6. The smallest absolute Gasteiger partial charge is 0.234 e. The summed E-state index contributed by atoms with van der Waals surface area (Å²) in [5.41, 5.74) is 2.04. The van der Waals surface area contributed by atoms with Gasteiger partial charge < -0.3 is 10.6 Å². The van der Waals surface area contributed by atoms with Gasteiger partial charge in [-0.2, -0.15) is 0 Å². The molecule has 2 aromatic carbocycles. The Morgan fingerprint density at radius 3 is 1.76 bits per heavy atom. The van der Waals surface area contributed by atoms with Gasteiger partial charge >= 0.3 is 0 Å². The molecule has 0 radical (unpaired) electrons. The molecule has 1 fully saturated rings. The van der Waals surface area contributed by atoms with Crippen LogP contribution < -0.4 is 10.6 Å². The van der Waals surface area contributed by atoms with Crippen molar-refractivity contribution in [3.63, 3.8) is 0 Å². The third-order valence-corrected chi connectivity index (χ3v) is 6.56. The summed E-state index contributed by atoms with van der Waals surface area (Å²) >= 11 is 11.9. The molecule has 3 rings (SSSR count). The summed E-state index contributed by atoms with van der Waals surface area (Å²) < 4.78 is 0. The van der Waals surface area contributed by atoms with E-state index in [4.69, 9.17) is 23.2 Å². The highest BCUT2D eigenvalue weighted by atomic mass is 35.5. The maximum Gasteiger partial charge on any atom is 0.234 e. The number of halogens is 2. The molecule has 3 atom stereocenters. The van der Waals surface area contributed by atoms with Crippen molar-refractivity contribution >= 4 is 35.0 Å². The number of hydrogen-bond acceptors (Lipinski definition) is 4. The molecule has 1 heterocycles. The van der Waals surface area contributed by atoms with Gasteiger partial charge in [0.2, 0.25) is 11.8 Å². The van der Waals surface area contributed by atoms with Crippen LogP contribution in [0.3, 0.4) is 0 Å². The van der Waals surface area contributed by atoms with Gasteiger partial charge in [0.15, 0.2) is 0 Å². The van der Waals surface area contributed by atoms with Gasteiger partial charge in [-0.05, 0) is 56.2 Å². The molecule has 1 aliphatic heterocycles. The summed E-state index contributed by atoms with van der Waals surface area (Å²) in [6, 6.07) is 15.0. The Morgan fingerprint density at radius 1 is 0.848 bits per heavy atom. The standard InChI is InChI=1S/C25H32Cl2N4O2/c1-17-14-30(15-24(32)28-18(2)20-4-8-22(26)9-5-20)12-13-31(17)16-25(33)29-19(3)21-6-10-23(27)11-7-21/h4-11,17-19H,12-16H2,1-3H3,(H,28,32)(H,29,33). The van der Waals surface area contributed by atoms with Gasteiger partial charge in [0.05, 0.1) is 25.2 Å². The lowest BCUT2D eigenvalue weighted by atomic mass is 10.1. The molecule has 1 aliphatic rings. The monoisotopic (exact) mass is 490 g/mol. The molecule has 0 saturated carbocycles. The molecular formula is C25H32Cl2N4O2. The van der Waals surface area contributed by atoms with Gasteiger partial charge in [-0.15, -0.1) is 0 Å². The lowest BCUT2D eigenvalue weighted by Crippen LogP contribution is -2.56. The van der Waals surface area contributed by atoms with Crippen LogP contribution in [0.5, 0.6) is 0 Å². The summed E-state index contributed by atoms with van der Waals surface area (Å²) in [6.07, 6.45) is 0. The second-order valence-corrected chi connectivity index (χ2v) is 9.61. The summed E-state index contributed by atoms with van der Waals surface area (Å²) in [5.74, 6) is -0.0140. The Labute approximate surface area is 206 Å². The van der Waals surface area contributed by atoms with Crippen molar-refractivity contribution in [2.45, 2.75) is 38.9 Å². The van der Waals surface area contributed by atoms with Crippen LogP contribution in [0.15, 0.2) is 48.5 Å². The molecule has 2 aromatic rings. The first-order valence-electron chi connectivity index (χ1n) is 11.3. The van der Waals surface area contributed by atoms with E-state index in [1.807, 2.05) is 62.4 Å². The molecule has 6 nitrogen and oxygen atoms in total. The molecule has 8 heteroatoms. The van der Waals surface area contributed by atoms with Crippen LogP contribution in [0.2, 0.25) is 10.0 Å². The first-order valence-corrected chi connectivity index (χ1v) is 12.0. The third kappa shape index (κ3) is 7.71. The Kier molecular flexibility index (Phi) is 9.15. The lowest BCUT2D eigenvalue weighted by molar-refractivity contribution is -0.126. The van der Waals surface area contributed by atoms with Crippen molar-refractivity contribution < 1.29 is 9.59 Å². The highest BCUT2D eigenvalue weighted by Gasteiger charge is 2.27. The van der Waals surface area contributed by atoms with E-state index in [0.717, 1.165) is 30.8 Å². The molecule has 33 heavy (non-hydrogen) atoms. The molecule has 178 valence electrons. The van der Waals surface area contributed by atoms with Crippen LogP contribution in [0, 0.1) is 0 Å². The number of rotatable bonds is 8. The van der Waals surface area contributed by atoms with Gasteiger partial charge in [-0.1, -0.05) is 47.5 Å². The molecule has 0 aromatic heterocycles. The highest BCUT2D eigenvalue weighted by molar-refractivity contribution is 6.30. The van der Waals surface area contributed by atoms with E-state index in [-0.39, 0.29) is 29.9 Å². The molecule has 0 aliphatic carbocycles. The number of piperazine rings is 1. The molecule has 2 amide bonds. The average Bonchev–Trinajstić information content (AvgIpc) is 2.76. The van der Waals surface area contributed by atoms with E-state index in [1.165, 1.54) is 0 Å². The van der Waals surface area contributed by atoms with Crippen molar-refractivity contribution in [3.05, 3.63) is 69.7 Å². The second kappa shape index (κ2) is 11.8. The van der Waals surface area contributed by atoms with Crippen LogP contribution in [0.4, 0.5) is 0 Å². The van der Waals surface area contributed by atoms with Crippen molar-refractivity contribution in [1.82, 2.24) is 20.4 Å². The summed E-state index contributed by atoms with van der Waals surface area (Å²) in [7, 11) is 0. The molecular weight excluding hydrogens is 459 g/mol. The number of carbonyl (C=O) groups is 2. The first kappa shape index (κ1) is 25.5. The van der Waals surface area contributed by atoms with Gasteiger partial charge in [-0.3, -0.25) is 19.4 Å². The zero-order chi connectivity index (χ0) is 24.0. The minimum Gasteiger partial charge on any atom is -0.348 e. The van der Waals surface area contributed by atoms with Crippen LogP contribution >= 0.6 is 23.2 Å². The van der Waals surface area contributed by atoms with Crippen LogP contribution in [-0.2, 0) is 9.59 Å². The van der Waals surface area contributed by atoms with E-state index in [9.17, 15) is 9.59 Å². The predicted molar refractivity (Wildman–Crippen MR) is 133 cm³/mol. The summed E-state index contributed by atoms with van der Waals surface area (Å²) in [5, 5.41) is 7.47. The minimum absolute atomic E-state index is 0.00682. The molecule has 3 unspecified atom stereocenters. The van der Waals surface area contributed by atoms with Crippen molar-refractivity contribution in [2.75, 3.05) is 32.7 Å². The Balaban J connectivity index is 1.42. The second-order valence-electron chi connectivity index (χ2n) is 8.74. The van der Waals surface area contributed by atoms with E-state index in [0.29, 0.717) is 23.1 Å². The van der Waals surface area contributed by atoms with Crippen LogP contribution in [0.25, 0.3) is 0 Å². The summed E-state index contributed by atoms with van der Waals surface area (Å²) in [6.45, 7) is 8.93. The van der Waals surface area contributed by atoms with Crippen molar-refractivity contribution in [1.29, 1.82) is 0 Å². The van der Waals surface area contributed by atoms with E-state index < -0.39 is 0 Å². The van der Waals surface area contributed by atoms with Crippen molar-refractivity contribution in [3.8, 4) is 0 Å². The van der Waals surface area contributed by atoms with Gasteiger partial charge in [0.25, 0.3) is 0 Å². The number of hydrogen-bond donors (Lipinski definition) is 2. The van der Waals surface area contributed by atoms with Gasteiger partial charge in [-0.25, -0.2) is 0 Å². The topological polar surface area (TPSA) is 64.7 Å². The number of nitrogens with zero attached hydrogens (tertiary/aromatic N) is 2. The van der Waals surface area contributed by atoms with Gasteiger partial charge in [0, 0.05) is 35.7 Å². The molecule has 2 N–H and O–H groups in total. The fourth-order valence-corrected chi connectivity index (χ4v) is 4.33. The Hall–Kier alpha value is -2.12. The molecule has 0 spiro atoms. The third-order valence-electron chi connectivity index (χ3n) is 6.06. The normalized spacial score (nSPS) is 19.0. The molecule has 0 bridgehead atoms.